The van der Waals surface area contributed by atoms with Crippen molar-refractivity contribution in [3.63, 3.8) is 0 Å². The minimum absolute atomic E-state index is 0.143. The molecule has 1 spiro atoms. The average molecular weight is 490 g/mol. The highest BCUT2D eigenvalue weighted by molar-refractivity contribution is 6.03. The second-order valence-corrected chi connectivity index (χ2v) is 9.78. The van der Waals surface area contributed by atoms with Gasteiger partial charge in [-0.3, -0.25) is 4.98 Å². The minimum atomic E-state index is -4.51. The van der Waals surface area contributed by atoms with Crippen molar-refractivity contribution in [2.75, 3.05) is 18.4 Å². The van der Waals surface area contributed by atoms with Crippen LogP contribution in [-0.2, 0) is 6.18 Å². The Balaban J connectivity index is 1.42. The molecule has 10 heteroatoms. The minimum Gasteiger partial charge on any atom is -0.366 e. The van der Waals surface area contributed by atoms with Gasteiger partial charge in [0.15, 0.2) is 5.82 Å². The lowest BCUT2D eigenvalue weighted by atomic mass is 9.90. The quantitative estimate of drug-likeness (QED) is 0.370. The lowest BCUT2D eigenvalue weighted by Crippen LogP contribution is -2.45. The third kappa shape index (κ3) is 3.39. The van der Waals surface area contributed by atoms with Crippen LogP contribution in [0.15, 0.2) is 49.0 Å². The normalized spacial score (nSPS) is 20.5. The molecule has 1 saturated heterocycles. The summed E-state index contributed by atoms with van der Waals surface area (Å²) in [6.45, 7) is 1.89. The summed E-state index contributed by atoms with van der Waals surface area (Å²) in [7, 11) is 0. The fraction of sp³-hybridized carbons (Fsp3) is 0.308. The molecular formula is C26H22F3N7. The molecule has 0 radical (unpaired) electrons. The number of aromatic nitrogens is 5. The molecule has 2 aliphatic carbocycles. The van der Waals surface area contributed by atoms with E-state index in [1.54, 1.807) is 12.3 Å². The number of hydrogen-bond acceptors (Lipinski definition) is 6. The SMILES string of the molecule is FC(F)(F)c1cc2c(-c3nc(NC4CCNCC45CC5)c4c(C5=CC=C5)cncc4n3)ccnc2[nH]1. The Morgan fingerprint density at radius 1 is 1.11 bits per heavy atom. The molecule has 0 amide bonds. The summed E-state index contributed by atoms with van der Waals surface area (Å²) in [5.41, 5.74) is 2.60. The molecule has 1 atom stereocenters. The number of piperidine rings is 1. The van der Waals surface area contributed by atoms with Gasteiger partial charge in [0.2, 0.25) is 0 Å². The Kier molecular flexibility index (Phi) is 4.54. The monoisotopic (exact) mass is 489 g/mol. The Bertz CT molecular complexity index is 1580. The molecule has 1 aliphatic heterocycles. The molecule has 1 unspecified atom stereocenters. The van der Waals surface area contributed by atoms with E-state index >= 15 is 0 Å². The van der Waals surface area contributed by atoms with Crippen LogP contribution in [0, 0.1) is 5.41 Å². The van der Waals surface area contributed by atoms with Crippen molar-refractivity contribution in [2.24, 2.45) is 5.41 Å². The van der Waals surface area contributed by atoms with Gasteiger partial charge >= 0.3 is 6.18 Å². The smallest absolute Gasteiger partial charge is 0.366 e. The third-order valence-electron chi connectivity index (χ3n) is 7.58. The highest BCUT2D eigenvalue weighted by Gasteiger charge is 2.50. The third-order valence-corrected chi connectivity index (χ3v) is 7.58. The number of halogens is 3. The first-order chi connectivity index (χ1) is 17.4. The fourth-order valence-corrected chi connectivity index (χ4v) is 5.36. The maximum absolute atomic E-state index is 13.4. The average Bonchev–Trinajstić information content (AvgIpc) is 3.43. The summed E-state index contributed by atoms with van der Waals surface area (Å²) in [6.07, 6.45) is 9.76. The summed E-state index contributed by atoms with van der Waals surface area (Å²) in [4.78, 5) is 20.6. The van der Waals surface area contributed by atoms with E-state index in [0.717, 1.165) is 54.9 Å². The molecule has 1 saturated carbocycles. The Labute approximate surface area is 204 Å². The van der Waals surface area contributed by atoms with Crippen molar-refractivity contribution >= 4 is 33.3 Å². The summed E-state index contributed by atoms with van der Waals surface area (Å²) in [6, 6.07) is 2.98. The van der Waals surface area contributed by atoms with Gasteiger partial charge < -0.3 is 15.6 Å². The van der Waals surface area contributed by atoms with Crippen LogP contribution in [0.3, 0.4) is 0 Å². The van der Waals surface area contributed by atoms with Crippen molar-refractivity contribution in [3.8, 4) is 11.4 Å². The van der Waals surface area contributed by atoms with Crippen LogP contribution in [-0.4, -0.2) is 44.1 Å². The summed E-state index contributed by atoms with van der Waals surface area (Å²) >= 11 is 0. The highest BCUT2D eigenvalue weighted by atomic mass is 19.4. The maximum Gasteiger partial charge on any atom is 0.431 e. The fourth-order valence-electron chi connectivity index (χ4n) is 5.36. The second kappa shape index (κ2) is 7.60. The molecule has 5 heterocycles. The first-order valence-electron chi connectivity index (χ1n) is 12.0. The Morgan fingerprint density at radius 2 is 1.97 bits per heavy atom. The van der Waals surface area contributed by atoms with Gasteiger partial charge in [-0.2, -0.15) is 13.2 Å². The largest absolute Gasteiger partial charge is 0.431 e. The zero-order valence-electron chi connectivity index (χ0n) is 19.2. The molecular weight excluding hydrogens is 467 g/mol. The van der Waals surface area contributed by atoms with E-state index in [-0.39, 0.29) is 17.1 Å². The number of rotatable bonds is 4. The molecule has 4 aromatic rings. The van der Waals surface area contributed by atoms with E-state index in [2.05, 4.69) is 25.6 Å². The number of alkyl halides is 3. The predicted molar refractivity (Wildman–Crippen MR) is 131 cm³/mol. The van der Waals surface area contributed by atoms with Crippen molar-refractivity contribution in [1.82, 2.24) is 30.2 Å². The molecule has 2 fully saturated rings. The van der Waals surface area contributed by atoms with Gasteiger partial charge in [-0.1, -0.05) is 18.2 Å². The first-order valence-corrected chi connectivity index (χ1v) is 12.0. The zero-order valence-corrected chi connectivity index (χ0v) is 19.2. The molecule has 0 aromatic carbocycles. The van der Waals surface area contributed by atoms with Crippen molar-refractivity contribution in [3.05, 3.63) is 60.2 Å². The van der Waals surface area contributed by atoms with E-state index in [4.69, 9.17) is 9.97 Å². The van der Waals surface area contributed by atoms with Crippen LogP contribution >= 0.6 is 0 Å². The number of hydrogen-bond donors (Lipinski definition) is 3. The molecule has 3 N–H and O–H groups in total. The van der Waals surface area contributed by atoms with E-state index in [0.29, 0.717) is 28.1 Å². The first kappa shape index (κ1) is 21.5. The van der Waals surface area contributed by atoms with Gasteiger partial charge in [-0.05, 0) is 43.5 Å². The molecule has 0 bridgehead atoms. The topological polar surface area (TPSA) is 91.4 Å². The number of aromatic amines is 1. The van der Waals surface area contributed by atoms with Crippen molar-refractivity contribution in [1.29, 1.82) is 0 Å². The number of nitrogens with one attached hydrogen (secondary N) is 3. The number of pyridine rings is 2. The maximum atomic E-state index is 13.4. The van der Waals surface area contributed by atoms with Crippen molar-refractivity contribution in [2.45, 2.75) is 31.5 Å². The Hall–Kier alpha value is -3.79. The molecule has 182 valence electrons. The number of H-pyrrole nitrogens is 1. The number of fused-ring (bicyclic) bond motifs is 2. The van der Waals surface area contributed by atoms with Crippen LogP contribution in [0.2, 0.25) is 0 Å². The number of allylic oxidation sites excluding steroid dienone is 4. The summed E-state index contributed by atoms with van der Waals surface area (Å²) in [5.74, 6) is 1.02. The van der Waals surface area contributed by atoms with E-state index in [1.807, 2.05) is 24.4 Å². The van der Waals surface area contributed by atoms with Crippen LogP contribution in [0.25, 0.3) is 38.9 Å². The summed E-state index contributed by atoms with van der Waals surface area (Å²) < 4.78 is 40.2. The predicted octanol–water partition coefficient (Wildman–Crippen LogP) is 5.09. The lowest BCUT2D eigenvalue weighted by Gasteiger charge is -2.34. The van der Waals surface area contributed by atoms with E-state index in [1.165, 1.54) is 6.20 Å². The molecule has 36 heavy (non-hydrogen) atoms. The van der Waals surface area contributed by atoms with Crippen LogP contribution in [0.4, 0.5) is 19.0 Å². The van der Waals surface area contributed by atoms with E-state index < -0.39 is 11.9 Å². The Morgan fingerprint density at radius 3 is 2.72 bits per heavy atom. The van der Waals surface area contributed by atoms with Crippen LogP contribution in [0.5, 0.6) is 0 Å². The summed E-state index contributed by atoms with van der Waals surface area (Å²) in [5, 5.41) is 8.43. The lowest BCUT2D eigenvalue weighted by molar-refractivity contribution is -0.140. The van der Waals surface area contributed by atoms with Crippen molar-refractivity contribution < 1.29 is 13.2 Å². The molecule has 4 aromatic heterocycles. The van der Waals surface area contributed by atoms with Gasteiger partial charge in [0.1, 0.15) is 17.2 Å². The van der Waals surface area contributed by atoms with E-state index in [9.17, 15) is 13.2 Å². The van der Waals surface area contributed by atoms with Gasteiger partial charge in [0.25, 0.3) is 0 Å². The highest BCUT2D eigenvalue weighted by Crippen LogP contribution is 2.51. The second-order valence-electron chi connectivity index (χ2n) is 9.78. The molecule has 3 aliphatic rings. The standard InChI is InChI=1S/C26H22F3N7/c27-26(28,29)20-10-16-15(4-9-32-22(16)35-20)23-33-18-12-31-11-17(14-2-1-3-14)21(18)24(36-23)34-19-5-8-30-13-25(19)6-7-25/h1-4,9-12,19,30H,5-8,13H2,(H,32,35)(H,33,34,36). The zero-order chi connectivity index (χ0) is 24.5. The van der Waals surface area contributed by atoms with Gasteiger partial charge in [0, 0.05) is 46.9 Å². The van der Waals surface area contributed by atoms with Gasteiger partial charge in [-0.25, -0.2) is 15.0 Å². The van der Waals surface area contributed by atoms with Crippen LogP contribution in [0.1, 0.15) is 30.5 Å². The molecule has 7 nitrogen and oxygen atoms in total. The number of anilines is 1. The van der Waals surface area contributed by atoms with Gasteiger partial charge in [-0.15, -0.1) is 0 Å². The number of nitrogens with zero attached hydrogens (tertiary/aromatic N) is 4. The van der Waals surface area contributed by atoms with Gasteiger partial charge in [0.05, 0.1) is 17.1 Å². The van der Waals surface area contributed by atoms with Crippen LogP contribution < -0.4 is 10.6 Å². The molecule has 7 rings (SSSR count).